The predicted octanol–water partition coefficient (Wildman–Crippen LogP) is 3.89. The number of hydrogen-bond donors (Lipinski definition) is 0. The van der Waals surface area contributed by atoms with Gasteiger partial charge in [-0.2, -0.15) is 0 Å². The molecule has 0 amide bonds. The summed E-state index contributed by atoms with van der Waals surface area (Å²) in [6, 6.07) is 12.2. The van der Waals surface area contributed by atoms with Crippen molar-refractivity contribution in [2.24, 2.45) is 0 Å². The fourth-order valence-electron chi connectivity index (χ4n) is 2.25. The molecule has 2 aromatic rings. The van der Waals surface area contributed by atoms with Crippen LogP contribution in [0.5, 0.6) is 0 Å². The minimum absolute atomic E-state index is 0.876. The molecule has 2 heteroatoms. The van der Waals surface area contributed by atoms with Gasteiger partial charge in [-0.25, -0.2) is 0 Å². The van der Waals surface area contributed by atoms with Crippen molar-refractivity contribution in [2.45, 2.75) is 19.3 Å². The Kier molecular flexibility index (Phi) is 2.41. The zero-order chi connectivity index (χ0) is 11.0. The van der Waals surface area contributed by atoms with Gasteiger partial charge < -0.3 is 0 Å². The van der Waals surface area contributed by atoms with Gasteiger partial charge in [0.05, 0.1) is 5.69 Å². The molecule has 0 aliphatic heterocycles. The molecule has 3 rings (SSSR count). The summed E-state index contributed by atoms with van der Waals surface area (Å²) >= 11 is 6.28. The molecular formula is C14H12ClN. The van der Waals surface area contributed by atoms with Crippen LogP contribution >= 0.6 is 11.6 Å². The summed E-state index contributed by atoms with van der Waals surface area (Å²) in [4.78, 5) is 4.70. The zero-order valence-corrected chi connectivity index (χ0v) is 9.67. The maximum absolute atomic E-state index is 6.28. The molecule has 1 aliphatic carbocycles. The maximum atomic E-state index is 6.28. The Morgan fingerprint density at radius 1 is 1.06 bits per heavy atom. The van der Waals surface area contributed by atoms with E-state index in [0.29, 0.717) is 0 Å². The molecule has 0 saturated carbocycles. The molecule has 0 unspecified atom stereocenters. The van der Waals surface area contributed by atoms with E-state index in [9.17, 15) is 0 Å². The van der Waals surface area contributed by atoms with Gasteiger partial charge in [0.2, 0.25) is 0 Å². The van der Waals surface area contributed by atoms with Crippen LogP contribution in [0.2, 0.25) is 5.02 Å². The lowest BCUT2D eigenvalue weighted by Gasteiger charge is -2.06. The van der Waals surface area contributed by atoms with Crippen LogP contribution in [-0.4, -0.2) is 4.98 Å². The Balaban J connectivity index is 2.13. The molecule has 0 spiro atoms. The number of hydrogen-bond acceptors (Lipinski definition) is 1. The highest BCUT2D eigenvalue weighted by Gasteiger charge is 2.17. The lowest BCUT2D eigenvalue weighted by Crippen LogP contribution is -1.92. The molecule has 1 aromatic heterocycles. The molecule has 1 heterocycles. The smallest absolute Gasteiger partial charge is 0.0720 e. The normalized spacial score (nSPS) is 13.8. The van der Waals surface area contributed by atoms with Gasteiger partial charge in [-0.1, -0.05) is 41.9 Å². The average Bonchev–Trinajstić information content (AvgIpc) is 2.79. The van der Waals surface area contributed by atoms with E-state index in [1.165, 1.54) is 17.7 Å². The first-order chi connectivity index (χ1) is 7.84. The van der Waals surface area contributed by atoms with Crippen LogP contribution in [0, 0.1) is 0 Å². The summed E-state index contributed by atoms with van der Waals surface area (Å²) in [6.07, 6.45) is 3.33. The third-order valence-electron chi connectivity index (χ3n) is 3.07. The molecule has 0 atom stereocenters. The van der Waals surface area contributed by atoms with Gasteiger partial charge in [0.1, 0.15) is 0 Å². The van der Waals surface area contributed by atoms with Crippen molar-refractivity contribution in [3.63, 3.8) is 0 Å². The van der Waals surface area contributed by atoms with Crippen LogP contribution in [0.25, 0.3) is 11.3 Å². The Bertz CT molecular complexity index is 520. The van der Waals surface area contributed by atoms with Crippen molar-refractivity contribution in [1.82, 2.24) is 4.98 Å². The average molecular weight is 230 g/mol. The number of halogens is 1. The minimum atomic E-state index is 0.876. The fraction of sp³-hybridized carbons (Fsp3) is 0.214. The minimum Gasteiger partial charge on any atom is -0.252 e. The molecule has 1 nitrogen and oxygen atoms in total. The molecule has 0 saturated heterocycles. The molecule has 1 aromatic carbocycles. The van der Waals surface area contributed by atoms with Crippen molar-refractivity contribution >= 4 is 11.6 Å². The van der Waals surface area contributed by atoms with E-state index < -0.39 is 0 Å². The van der Waals surface area contributed by atoms with E-state index in [1.807, 2.05) is 24.3 Å². The van der Waals surface area contributed by atoms with Crippen molar-refractivity contribution < 1.29 is 0 Å². The molecule has 0 fully saturated rings. The fourth-order valence-corrected chi connectivity index (χ4v) is 2.56. The van der Waals surface area contributed by atoms with Crippen LogP contribution in [-0.2, 0) is 12.8 Å². The van der Waals surface area contributed by atoms with Crippen LogP contribution in [0.1, 0.15) is 17.7 Å². The lowest BCUT2D eigenvalue weighted by molar-refractivity contribution is 0.900. The van der Waals surface area contributed by atoms with E-state index in [1.54, 1.807) is 0 Å². The molecular weight excluding hydrogens is 218 g/mol. The van der Waals surface area contributed by atoms with E-state index >= 15 is 0 Å². The van der Waals surface area contributed by atoms with Crippen molar-refractivity contribution in [2.75, 3.05) is 0 Å². The quantitative estimate of drug-likeness (QED) is 0.723. The highest BCUT2D eigenvalue weighted by Crippen LogP contribution is 2.31. The molecule has 1 aliphatic rings. The highest BCUT2D eigenvalue weighted by molar-refractivity contribution is 6.31. The first-order valence-electron chi connectivity index (χ1n) is 5.58. The monoisotopic (exact) mass is 229 g/mol. The first kappa shape index (κ1) is 9.86. The summed E-state index contributed by atoms with van der Waals surface area (Å²) in [5.41, 5.74) is 4.57. The standard InChI is InChI=1S/C14H12ClN/c15-12-9-14(10-5-2-1-3-6-10)16-13-8-4-7-11(12)13/h1-3,5-6,9H,4,7-8H2. The third-order valence-corrected chi connectivity index (χ3v) is 3.40. The second-order valence-corrected chi connectivity index (χ2v) is 4.54. The van der Waals surface area contributed by atoms with Crippen molar-refractivity contribution in [1.29, 1.82) is 0 Å². The number of pyridine rings is 1. The summed E-state index contributed by atoms with van der Waals surface area (Å²) in [5, 5.41) is 0.876. The Morgan fingerprint density at radius 2 is 1.88 bits per heavy atom. The SMILES string of the molecule is Clc1cc(-c2ccccc2)nc2c1CCC2. The van der Waals surface area contributed by atoms with E-state index in [4.69, 9.17) is 16.6 Å². The lowest BCUT2D eigenvalue weighted by atomic mass is 10.1. The van der Waals surface area contributed by atoms with E-state index in [2.05, 4.69) is 12.1 Å². The summed E-state index contributed by atoms with van der Waals surface area (Å²) in [7, 11) is 0. The molecule has 0 N–H and O–H groups in total. The summed E-state index contributed by atoms with van der Waals surface area (Å²) in [6.45, 7) is 0. The van der Waals surface area contributed by atoms with E-state index in [0.717, 1.165) is 29.1 Å². The van der Waals surface area contributed by atoms with Crippen LogP contribution in [0.4, 0.5) is 0 Å². The van der Waals surface area contributed by atoms with Crippen LogP contribution < -0.4 is 0 Å². The van der Waals surface area contributed by atoms with Gasteiger partial charge in [-0.15, -0.1) is 0 Å². The second-order valence-electron chi connectivity index (χ2n) is 4.13. The topological polar surface area (TPSA) is 12.9 Å². The number of fused-ring (bicyclic) bond motifs is 1. The van der Waals surface area contributed by atoms with Gasteiger partial charge in [-0.05, 0) is 30.9 Å². The molecule has 80 valence electrons. The predicted molar refractivity (Wildman–Crippen MR) is 66.7 cm³/mol. The molecule has 16 heavy (non-hydrogen) atoms. The first-order valence-corrected chi connectivity index (χ1v) is 5.96. The largest absolute Gasteiger partial charge is 0.252 e. The third kappa shape index (κ3) is 1.61. The van der Waals surface area contributed by atoms with Crippen LogP contribution in [0.15, 0.2) is 36.4 Å². The summed E-state index contributed by atoms with van der Waals surface area (Å²) in [5.74, 6) is 0. The Labute approximate surface area is 100 Å². The molecule has 0 radical (unpaired) electrons. The Morgan fingerprint density at radius 3 is 2.69 bits per heavy atom. The number of aromatic nitrogens is 1. The summed E-state index contributed by atoms with van der Waals surface area (Å²) < 4.78 is 0. The zero-order valence-electron chi connectivity index (χ0n) is 8.91. The van der Waals surface area contributed by atoms with E-state index in [-0.39, 0.29) is 0 Å². The maximum Gasteiger partial charge on any atom is 0.0720 e. The van der Waals surface area contributed by atoms with Gasteiger partial charge in [0.15, 0.2) is 0 Å². The number of rotatable bonds is 1. The van der Waals surface area contributed by atoms with Gasteiger partial charge >= 0.3 is 0 Å². The number of benzene rings is 1. The van der Waals surface area contributed by atoms with Gasteiger partial charge in [0, 0.05) is 16.3 Å². The second kappa shape index (κ2) is 3.91. The van der Waals surface area contributed by atoms with Gasteiger partial charge in [-0.3, -0.25) is 4.98 Å². The Hall–Kier alpha value is -1.34. The highest BCUT2D eigenvalue weighted by atomic mass is 35.5. The number of nitrogens with zero attached hydrogens (tertiary/aromatic N) is 1. The van der Waals surface area contributed by atoms with Crippen LogP contribution in [0.3, 0.4) is 0 Å². The number of aryl methyl sites for hydroxylation is 1. The van der Waals surface area contributed by atoms with Crippen molar-refractivity contribution in [3.8, 4) is 11.3 Å². The van der Waals surface area contributed by atoms with Crippen molar-refractivity contribution in [3.05, 3.63) is 52.7 Å². The molecule has 0 bridgehead atoms. The van der Waals surface area contributed by atoms with Gasteiger partial charge in [0.25, 0.3) is 0 Å².